The van der Waals surface area contributed by atoms with Crippen LogP contribution in [0.15, 0.2) is 46.0 Å². The zero-order valence-corrected chi connectivity index (χ0v) is 19.3. The third-order valence-electron chi connectivity index (χ3n) is 5.68. The van der Waals surface area contributed by atoms with Gasteiger partial charge < -0.3 is 15.2 Å². The number of esters is 1. The summed E-state index contributed by atoms with van der Waals surface area (Å²) in [5.74, 6) is -1.63. The van der Waals surface area contributed by atoms with E-state index in [9.17, 15) is 19.1 Å². The number of benzene rings is 1. The summed E-state index contributed by atoms with van der Waals surface area (Å²) in [4.78, 5) is 35.6. The third kappa shape index (κ3) is 4.92. The van der Waals surface area contributed by atoms with Crippen LogP contribution in [0.2, 0.25) is 5.02 Å². The first-order valence-electron chi connectivity index (χ1n) is 10.4. The predicted molar refractivity (Wildman–Crippen MR) is 122 cm³/mol. The number of rotatable bonds is 6. The molecule has 2 atom stereocenters. The lowest BCUT2D eigenvalue weighted by Gasteiger charge is -2.35. The van der Waals surface area contributed by atoms with Crippen LogP contribution in [-0.4, -0.2) is 59.0 Å². The number of nitrogens with one attached hydrogen (secondary N) is 1. The van der Waals surface area contributed by atoms with Gasteiger partial charge in [-0.15, -0.1) is 11.3 Å². The molecule has 0 bridgehead atoms. The molecular formula is C22H22ClFN4O4S. The van der Waals surface area contributed by atoms with Crippen LogP contribution in [0.25, 0.3) is 0 Å². The molecule has 1 fully saturated rings. The summed E-state index contributed by atoms with van der Waals surface area (Å²) in [7, 11) is 1.26. The molecule has 8 nitrogen and oxygen atoms in total. The minimum Gasteiger partial charge on any atom is -0.480 e. The first kappa shape index (κ1) is 23.3. The van der Waals surface area contributed by atoms with Gasteiger partial charge in [-0.25, -0.2) is 14.2 Å². The van der Waals surface area contributed by atoms with Gasteiger partial charge in [0.2, 0.25) is 0 Å². The molecule has 2 N–H and O–H groups in total. The second-order valence-electron chi connectivity index (χ2n) is 7.71. The largest absolute Gasteiger partial charge is 0.480 e. The molecule has 0 amide bonds. The number of carboxylic acid groups (broad SMARTS) is 1. The van der Waals surface area contributed by atoms with E-state index in [1.54, 1.807) is 11.6 Å². The maximum Gasteiger partial charge on any atom is 0.338 e. The van der Waals surface area contributed by atoms with Crippen LogP contribution >= 0.6 is 22.9 Å². The standard InChI is InChI=1S/C22H22ClFN4O4S/c1-32-22(31)17-15(11-28-8-3-2-4-16(28)21(29)30)26-19(20-25-7-9-33-20)27-18(17)13-6-5-12(24)10-14(13)23/h5-7,9-10,16,18H,2-4,8,11H2,1H3,(H,26,27)(H,29,30)/t16-,18-/m0/s1. The number of hydrogen-bond acceptors (Lipinski definition) is 8. The summed E-state index contributed by atoms with van der Waals surface area (Å²) in [5, 5.41) is 15.4. The van der Waals surface area contributed by atoms with Crippen molar-refractivity contribution in [2.75, 3.05) is 20.2 Å². The van der Waals surface area contributed by atoms with Crippen LogP contribution in [0, 0.1) is 5.82 Å². The second kappa shape index (κ2) is 9.98. The molecule has 174 valence electrons. The monoisotopic (exact) mass is 492 g/mol. The molecule has 0 unspecified atom stereocenters. The van der Waals surface area contributed by atoms with Gasteiger partial charge in [0.05, 0.1) is 12.7 Å². The van der Waals surface area contributed by atoms with Crippen molar-refractivity contribution in [2.24, 2.45) is 4.99 Å². The number of likely N-dealkylation sites (tertiary alicyclic amines) is 1. The van der Waals surface area contributed by atoms with Gasteiger partial charge in [-0.3, -0.25) is 14.7 Å². The Morgan fingerprint density at radius 1 is 1.39 bits per heavy atom. The number of amidine groups is 1. The molecule has 33 heavy (non-hydrogen) atoms. The minimum atomic E-state index is -0.905. The molecular weight excluding hydrogens is 471 g/mol. The van der Waals surface area contributed by atoms with Crippen molar-refractivity contribution >= 4 is 40.7 Å². The molecule has 1 aromatic heterocycles. The minimum absolute atomic E-state index is 0.117. The Kier molecular flexibility index (Phi) is 7.06. The van der Waals surface area contributed by atoms with E-state index in [-0.39, 0.29) is 17.1 Å². The molecule has 3 heterocycles. The average molecular weight is 493 g/mol. The van der Waals surface area contributed by atoms with Crippen LogP contribution in [0.1, 0.15) is 35.9 Å². The van der Waals surface area contributed by atoms with Crippen molar-refractivity contribution in [3.63, 3.8) is 0 Å². The Labute approximate surface area is 198 Å². The van der Waals surface area contributed by atoms with E-state index in [0.29, 0.717) is 35.1 Å². The van der Waals surface area contributed by atoms with E-state index in [2.05, 4.69) is 15.3 Å². The summed E-state index contributed by atoms with van der Waals surface area (Å²) in [6, 6.07) is 2.35. The molecule has 0 spiro atoms. The lowest BCUT2D eigenvalue weighted by atomic mass is 9.94. The summed E-state index contributed by atoms with van der Waals surface area (Å²) in [6.45, 7) is 0.739. The van der Waals surface area contributed by atoms with Gasteiger partial charge >= 0.3 is 11.9 Å². The number of aromatic nitrogens is 1. The number of aliphatic carboxylic acids is 1. The van der Waals surface area contributed by atoms with Gasteiger partial charge in [0, 0.05) is 34.4 Å². The molecule has 2 aromatic rings. The summed E-state index contributed by atoms with van der Waals surface area (Å²) in [6.07, 6.45) is 3.83. The third-order valence-corrected chi connectivity index (χ3v) is 6.79. The Balaban J connectivity index is 1.83. The van der Waals surface area contributed by atoms with Crippen molar-refractivity contribution in [2.45, 2.75) is 31.3 Å². The van der Waals surface area contributed by atoms with Crippen LogP contribution in [-0.2, 0) is 14.3 Å². The molecule has 11 heteroatoms. The number of ether oxygens (including phenoxy) is 1. The highest BCUT2D eigenvalue weighted by Gasteiger charge is 2.36. The van der Waals surface area contributed by atoms with E-state index >= 15 is 0 Å². The highest BCUT2D eigenvalue weighted by molar-refractivity contribution is 7.11. The number of piperidine rings is 1. The fourth-order valence-electron chi connectivity index (χ4n) is 4.13. The van der Waals surface area contributed by atoms with Crippen molar-refractivity contribution < 1.29 is 23.8 Å². The fourth-order valence-corrected chi connectivity index (χ4v) is 4.99. The molecule has 0 saturated carbocycles. The predicted octanol–water partition coefficient (Wildman–Crippen LogP) is 3.39. The van der Waals surface area contributed by atoms with Crippen LogP contribution < -0.4 is 5.32 Å². The number of hydrogen-bond donors (Lipinski definition) is 2. The lowest BCUT2D eigenvalue weighted by Crippen LogP contribution is -2.48. The summed E-state index contributed by atoms with van der Waals surface area (Å²) >= 11 is 7.71. The Bertz CT molecular complexity index is 1120. The number of carbonyl (C=O) groups is 2. The van der Waals surface area contributed by atoms with Gasteiger partial charge in [-0.1, -0.05) is 24.1 Å². The zero-order chi connectivity index (χ0) is 23.5. The maximum absolute atomic E-state index is 13.7. The first-order valence-corrected chi connectivity index (χ1v) is 11.6. The van der Waals surface area contributed by atoms with Crippen LogP contribution in [0.5, 0.6) is 0 Å². The maximum atomic E-state index is 13.7. The number of carbonyl (C=O) groups excluding carboxylic acids is 1. The van der Waals surface area contributed by atoms with Crippen molar-refractivity contribution in [1.82, 2.24) is 15.2 Å². The number of nitrogens with zero attached hydrogens (tertiary/aromatic N) is 3. The van der Waals surface area contributed by atoms with E-state index in [0.717, 1.165) is 18.9 Å². The number of halogens is 2. The Morgan fingerprint density at radius 2 is 2.21 bits per heavy atom. The molecule has 2 aliphatic heterocycles. The number of carboxylic acids is 1. The normalized spacial score (nSPS) is 21.4. The number of methoxy groups -OCH3 is 1. The molecule has 2 aliphatic rings. The second-order valence-corrected chi connectivity index (χ2v) is 9.01. The van der Waals surface area contributed by atoms with Gasteiger partial charge in [0.1, 0.15) is 17.9 Å². The number of thiazole rings is 1. The van der Waals surface area contributed by atoms with Gasteiger partial charge in [0.25, 0.3) is 0 Å². The lowest BCUT2D eigenvalue weighted by molar-refractivity contribution is -0.144. The average Bonchev–Trinajstić information content (AvgIpc) is 3.33. The highest BCUT2D eigenvalue weighted by Crippen LogP contribution is 2.37. The van der Waals surface area contributed by atoms with Gasteiger partial charge in [-0.2, -0.15) is 0 Å². The summed E-state index contributed by atoms with van der Waals surface area (Å²) < 4.78 is 18.8. The zero-order valence-electron chi connectivity index (χ0n) is 17.8. The van der Waals surface area contributed by atoms with Crippen molar-refractivity contribution in [3.8, 4) is 0 Å². The molecule has 1 aromatic carbocycles. The van der Waals surface area contributed by atoms with E-state index < -0.39 is 29.8 Å². The van der Waals surface area contributed by atoms with E-state index in [1.165, 1.54) is 30.6 Å². The van der Waals surface area contributed by atoms with E-state index in [4.69, 9.17) is 16.3 Å². The van der Waals surface area contributed by atoms with Crippen LogP contribution in [0.3, 0.4) is 0 Å². The first-order chi connectivity index (χ1) is 15.9. The molecule has 4 rings (SSSR count). The Hall–Kier alpha value is -2.82. The number of aliphatic imine (C=N–C) groups is 1. The van der Waals surface area contributed by atoms with Crippen molar-refractivity contribution in [3.05, 3.63) is 62.5 Å². The van der Waals surface area contributed by atoms with Gasteiger partial charge in [0.15, 0.2) is 10.8 Å². The SMILES string of the molecule is COC(=O)C1=C(CN2CCCC[C@H]2C(=O)O)NC(c2nccs2)=N[C@H]1c1ccc(F)cc1Cl. The topological polar surface area (TPSA) is 104 Å². The smallest absolute Gasteiger partial charge is 0.338 e. The Morgan fingerprint density at radius 3 is 2.88 bits per heavy atom. The van der Waals surface area contributed by atoms with E-state index in [1.807, 2.05) is 4.90 Å². The molecule has 1 saturated heterocycles. The van der Waals surface area contributed by atoms with Crippen LogP contribution in [0.4, 0.5) is 4.39 Å². The quantitative estimate of drug-likeness (QED) is 0.595. The van der Waals surface area contributed by atoms with Gasteiger partial charge in [-0.05, 0) is 31.5 Å². The highest BCUT2D eigenvalue weighted by atomic mass is 35.5. The molecule has 0 radical (unpaired) electrons. The van der Waals surface area contributed by atoms with Crippen molar-refractivity contribution in [1.29, 1.82) is 0 Å². The molecule has 0 aliphatic carbocycles. The summed E-state index contributed by atoms with van der Waals surface area (Å²) in [5.41, 5.74) is 1.08. The fraction of sp³-hybridized carbons (Fsp3) is 0.364.